The molecule has 0 spiro atoms. The number of aryl methyl sites for hydroxylation is 2. The maximum Gasteiger partial charge on any atom is 0.252 e. The molecule has 6 heteroatoms. The third-order valence-electron chi connectivity index (χ3n) is 7.39. The number of anilines is 2. The minimum Gasteiger partial charge on any atom is -0.343 e. The molecule has 0 unspecified atom stereocenters. The molecule has 3 amide bonds. The van der Waals surface area contributed by atoms with Crippen molar-refractivity contribution in [2.24, 2.45) is 5.92 Å². The summed E-state index contributed by atoms with van der Waals surface area (Å²) in [4.78, 5) is 44.1. The smallest absolute Gasteiger partial charge is 0.252 e. The molecule has 5 rings (SSSR count). The van der Waals surface area contributed by atoms with E-state index in [1.165, 1.54) is 0 Å². The van der Waals surface area contributed by atoms with Gasteiger partial charge in [-0.3, -0.25) is 14.4 Å². The lowest BCUT2D eigenvalue weighted by atomic mass is 10.0. The van der Waals surface area contributed by atoms with Crippen molar-refractivity contribution in [1.82, 2.24) is 5.32 Å². The quantitative estimate of drug-likeness (QED) is 0.570. The molecule has 1 fully saturated rings. The molecule has 0 bridgehead atoms. The van der Waals surface area contributed by atoms with Crippen LogP contribution in [0.5, 0.6) is 0 Å². The van der Waals surface area contributed by atoms with Gasteiger partial charge in [0.25, 0.3) is 5.91 Å². The van der Waals surface area contributed by atoms with E-state index < -0.39 is 0 Å². The number of nitrogens with zero attached hydrogens (tertiary/aromatic N) is 2. The minimum atomic E-state index is -0.264. The lowest BCUT2D eigenvalue weighted by molar-refractivity contribution is -0.123. The summed E-state index contributed by atoms with van der Waals surface area (Å²) in [5.41, 5.74) is 4.84. The van der Waals surface area contributed by atoms with E-state index in [0.717, 1.165) is 47.3 Å². The number of amides is 3. The number of fused-ring (bicyclic) bond motifs is 2. The lowest BCUT2D eigenvalue weighted by Gasteiger charge is -2.30. The Morgan fingerprint density at radius 3 is 2.25 bits per heavy atom. The fraction of sp³-hybridized carbons (Fsp3) is 0.300. The second-order valence-corrected chi connectivity index (χ2v) is 9.72. The summed E-state index contributed by atoms with van der Waals surface area (Å²) in [6, 6.07) is 23.0. The summed E-state index contributed by atoms with van der Waals surface area (Å²) >= 11 is 0. The van der Waals surface area contributed by atoms with Crippen molar-refractivity contribution in [2.45, 2.75) is 45.7 Å². The van der Waals surface area contributed by atoms with E-state index in [4.69, 9.17) is 0 Å². The molecule has 1 heterocycles. The number of benzene rings is 3. The Morgan fingerprint density at radius 2 is 1.53 bits per heavy atom. The van der Waals surface area contributed by atoms with Crippen molar-refractivity contribution in [2.75, 3.05) is 16.3 Å². The molecule has 0 aromatic heterocycles. The first kappa shape index (κ1) is 23.8. The number of para-hydroxylation sites is 2. The van der Waals surface area contributed by atoms with Crippen molar-refractivity contribution in [1.29, 1.82) is 0 Å². The summed E-state index contributed by atoms with van der Waals surface area (Å²) in [6.45, 7) is 4.11. The van der Waals surface area contributed by atoms with Gasteiger partial charge in [-0.2, -0.15) is 0 Å². The fourth-order valence-electron chi connectivity index (χ4n) is 5.68. The molecule has 2 aliphatic rings. The summed E-state index contributed by atoms with van der Waals surface area (Å²) in [5, 5.41) is 2.84. The van der Waals surface area contributed by atoms with Crippen LogP contribution in [0.25, 0.3) is 0 Å². The normalized spacial score (nSPS) is 18.9. The van der Waals surface area contributed by atoms with Crippen molar-refractivity contribution >= 4 is 29.1 Å². The maximum absolute atomic E-state index is 13.8. The zero-order valence-corrected chi connectivity index (χ0v) is 20.7. The van der Waals surface area contributed by atoms with E-state index in [0.29, 0.717) is 12.1 Å². The highest BCUT2D eigenvalue weighted by atomic mass is 16.2. The molecule has 1 aliphatic heterocycles. The van der Waals surface area contributed by atoms with Crippen molar-refractivity contribution in [3.05, 3.63) is 95.1 Å². The Hall–Kier alpha value is -3.93. The Morgan fingerprint density at radius 1 is 0.861 bits per heavy atom. The van der Waals surface area contributed by atoms with Crippen molar-refractivity contribution < 1.29 is 14.4 Å². The van der Waals surface area contributed by atoms with Gasteiger partial charge < -0.3 is 15.1 Å². The average molecular weight is 482 g/mol. The number of carbonyl (C=O) groups excluding carboxylic acids is 3. The second-order valence-electron chi connectivity index (χ2n) is 9.72. The lowest BCUT2D eigenvalue weighted by Crippen LogP contribution is -2.48. The van der Waals surface area contributed by atoms with Crippen LogP contribution in [0.1, 0.15) is 46.3 Å². The molecule has 0 saturated heterocycles. The molecule has 1 aliphatic carbocycles. The molecule has 3 aromatic carbocycles. The van der Waals surface area contributed by atoms with Crippen LogP contribution < -0.4 is 15.1 Å². The predicted octanol–water partition coefficient (Wildman–Crippen LogP) is 4.78. The van der Waals surface area contributed by atoms with E-state index in [1.807, 2.05) is 91.5 Å². The zero-order valence-electron chi connectivity index (χ0n) is 20.7. The number of nitrogens with one attached hydrogen (secondary N) is 1. The van der Waals surface area contributed by atoms with Crippen LogP contribution in [0.2, 0.25) is 0 Å². The standard InChI is InChI=1S/C30H31N3O3/c1-20-10-8-11-21(2)28(20)29(35)31-18-27(34)33-24-17-9-14-23(24)30(36)32(19-22-12-4-3-5-13-22)25-15-6-7-16-26(25)33/h3-8,10-13,15-16,23-24H,9,14,17-19H2,1-2H3,(H,31,35)/t23-,24+/m0/s1. The number of hydrogen-bond acceptors (Lipinski definition) is 3. The van der Waals surface area contributed by atoms with Gasteiger partial charge in [0.05, 0.1) is 30.4 Å². The summed E-state index contributed by atoms with van der Waals surface area (Å²) < 4.78 is 0. The molecule has 1 N–H and O–H groups in total. The van der Waals surface area contributed by atoms with Crippen LogP contribution in [0.15, 0.2) is 72.8 Å². The number of rotatable bonds is 5. The first-order chi connectivity index (χ1) is 17.5. The van der Waals surface area contributed by atoms with Crippen LogP contribution in [-0.4, -0.2) is 30.3 Å². The highest BCUT2D eigenvalue weighted by molar-refractivity contribution is 6.08. The van der Waals surface area contributed by atoms with Crippen molar-refractivity contribution in [3.63, 3.8) is 0 Å². The van der Waals surface area contributed by atoms with E-state index >= 15 is 0 Å². The van der Waals surface area contributed by atoms with Gasteiger partial charge in [0.15, 0.2) is 0 Å². The molecule has 3 aromatic rings. The van der Waals surface area contributed by atoms with Crippen LogP contribution in [0, 0.1) is 19.8 Å². The molecule has 184 valence electrons. The van der Waals surface area contributed by atoms with Crippen molar-refractivity contribution in [3.8, 4) is 0 Å². The summed E-state index contributed by atoms with van der Waals surface area (Å²) in [7, 11) is 0. The van der Waals surface area contributed by atoms with Gasteiger partial charge in [0.2, 0.25) is 11.8 Å². The molecule has 36 heavy (non-hydrogen) atoms. The van der Waals surface area contributed by atoms with Gasteiger partial charge in [-0.15, -0.1) is 0 Å². The highest BCUT2D eigenvalue weighted by Gasteiger charge is 2.45. The van der Waals surface area contributed by atoms with Crippen LogP contribution in [-0.2, 0) is 16.1 Å². The Labute approximate surface area is 211 Å². The van der Waals surface area contributed by atoms with Gasteiger partial charge >= 0.3 is 0 Å². The minimum absolute atomic E-state index is 0.0590. The van der Waals surface area contributed by atoms with Gasteiger partial charge in [-0.05, 0) is 55.5 Å². The van der Waals surface area contributed by atoms with Gasteiger partial charge in [0, 0.05) is 11.6 Å². The van der Waals surface area contributed by atoms with Gasteiger partial charge in [-0.25, -0.2) is 0 Å². The molecule has 2 atom stereocenters. The molecular formula is C30H31N3O3. The zero-order chi connectivity index (χ0) is 25.2. The summed E-state index contributed by atoms with van der Waals surface area (Å²) in [5.74, 6) is -0.664. The topological polar surface area (TPSA) is 69.7 Å². The molecule has 0 radical (unpaired) electrons. The van der Waals surface area contributed by atoms with E-state index in [2.05, 4.69) is 5.32 Å². The average Bonchev–Trinajstić information content (AvgIpc) is 3.33. The van der Waals surface area contributed by atoms with Crippen LogP contribution in [0.4, 0.5) is 11.4 Å². The van der Waals surface area contributed by atoms with Gasteiger partial charge in [-0.1, -0.05) is 67.1 Å². The monoisotopic (exact) mass is 481 g/mol. The van der Waals surface area contributed by atoms with E-state index in [-0.39, 0.29) is 36.2 Å². The van der Waals surface area contributed by atoms with Crippen LogP contribution >= 0.6 is 0 Å². The Balaban J connectivity index is 1.46. The number of carbonyl (C=O) groups is 3. The predicted molar refractivity (Wildman–Crippen MR) is 141 cm³/mol. The third-order valence-corrected chi connectivity index (χ3v) is 7.39. The Kier molecular flexibility index (Phi) is 6.59. The first-order valence-corrected chi connectivity index (χ1v) is 12.6. The fourth-order valence-corrected chi connectivity index (χ4v) is 5.68. The largest absolute Gasteiger partial charge is 0.343 e. The SMILES string of the molecule is Cc1cccc(C)c1C(=O)NCC(=O)N1c2ccccc2N(Cc2ccccc2)C(=O)[C@H]2CCC[C@H]21. The first-order valence-electron chi connectivity index (χ1n) is 12.6. The molecule has 1 saturated carbocycles. The van der Waals surface area contributed by atoms with E-state index in [9.17, 15) is 14.4 Å². The van der Waals surface area contributed by atoms with E-state index in [1.54, 1.807) is 4.90 Å². The molecular weight excluding hydrogens is 450 g/mol. The third kappa shape index (κ3) is 4.39. The Bertz CT molecular complexity index is 1280. The molecule has 6 nitrogen and oxygen atoms in total. The highest BCUT2D eigenvalue weighted by Crippen LogP contribution is 2.43. The number of hydrogen-bond donors (Lipinski definition) is 1. The maximum atomic E-state index is 13.8. The summed E-state index contributed by atoms with van der Waals surface area (Å²) in [6.07, 6.45) is 2.41. The van der Waals surface area contributed by atoms with Gasteiger partial charge in [0.1, 0.15) is 0 Å². The van der Waals surface area contributed by atoms with Crippen LogP contribution in [0.3, 0.4) is 0 Å². The second kappa shape index (κ2) is 9.97.